The number of halogens is 1. The highest BCUT2D eigenvalue weighted by molar-refractivity contribution is 6.31. The van der Waals surface area contributed by atoms with E-state index in [-0.39, 0.29) is 0 Å². The molecule has 1 aliphatic heterocycles. The fourth-order valence-electron chi connectivity index (χ4n) is 2.54. The lowest BCUT2D eigenvalue weighted by Crippen LogP contribution is -2.28. The minimum absolute atomic E-state index is 0.442. The van der Waals surface area contributed by atoms with E-state index in [4.69, 9.17) is 11.6 Å². The van der Waals surface area contributed by atoms with Gasteiger partial charge in [0.05, 0.1) is 0 Å². The second-order valence-corrected chi connectivity index (χ2v) is 4.50. The van der Waals surface area contributed by atoms with Crippen molar-refractivity contribution in [1.29, 1.82) is 0 Å². The quantitative estimate of drug-likeness (QED) is 0.550. The average molecular weight is 218 g/mol. The van der Waals surface area contributed by atoms with Crippen molar-refractivity contribution in [2.75, 3.05) is 0 Å². The van der Waals surface area contributed by atoms with Crippen LogP contribution in [0, 0.1) is 11.8 Å². The minimum Gasteiger partial charge on any atom is -0.240 e. The molecule has 0 radical (unpaired) electrons. The minimum atomic E-state index is 0.442. The lowest BCUT2D eigenvalue weighted by atomic mass is 9.75. The van der Waals surface area contributed by atoms with Crippen LogP contribution in [0.25, 0.3) is 0 Å². The maximum Gasteiger partial charge on any atom is 0.132 e. The highest BCUT2D eigenvalue weighted by atomic mass is 35.5. The molecule has 0 amide bonds. The molecule has 2 heteroatoms. The first-order valence-corrected chi connectivity index (χ1v) is 5.74. The number of allylic oxidation sites excluding steroid dienone is 7. The lowest BCUT2D eigenvalue weighted by molar-refractivity contribution is 0.500. The van der Waals surface area contributed by atoms with Crippen LogP contribution in [0.2, 0.25) is 0 Å². The molecule has 2 aliphatic carbocycles. The molecule has 15 heavy (non-hydrogen) atoms. The summed E-state index contributed by atoms with van der Waals surface area (Å²) in [6, 6.07) is 0. The monoisotopic (exact) mass is 217 g/mol. The SMILES string of the molecule is ClC1=C2C=CCCC2C2C=CC=CC2=N1. The first-order chi connectivity index (χ1) is 7.36. The largest absolute Gasteiger partial charge is 0.240 e. The van der Waals surface area contributed by atoms with Gasteiger partial charge in [0.25, 0.3) is 0 Å². The molecule has 0 saturated carbocycles. The van der Waals surface area contributed by atoms with Crippen molar-refractivity contribution in [2.24, 2.45) is 16.8 Å². The zero-order valence-corrected chi connectivity index (χ0v) is 9.11. The summed E-state index contributed by atoms with van der Waals surface area (Å²) < 4.78 is 0. The average Bonchev–Trinajstić information content (AvgIpc) is 2.30. The molecule has 76 valence electrons. The van der Waals surface area contributed by atoms with Crippen LogP contribution in [0.15, 0.2) is 52.2 Å². The Morgan fingerprint density at radius 1 is 1.27 bits per heavy atom. The number of hydrogen-bond donors (Lipinski definition) is 0. The molecule has 1 nitrogen and oxygen atoms in total. The molecule has 1 heterocycles. The Hall–Kier alpha value is -1.08. The molecule has 0 aromatic heterocycles. The van der Waals surface area contributed by atoms with Crippen LogP contribution in [0.5, 0.6) is 0 Å². The Balaban J connectivity index is 2.11. The van der Waals surface area contributed by atoms with Gasteiger partial charge in [0.15, 0.2) is 0 Å². The molecule has 0 fully saturated rings. The topological polar surface area (TPSA) is 12.4 Å². The van der Waals surface area contributed by atoms with E-state index in [1.807, 2.05) is 6.08 Å². The molecule has 0 bridgehead atoms. The highest BCUT2D eigenvalue weighted by Gasteiger charge is 2.32. The van der Waals surface area contributed by atoms with Gasteiger partial charge in [-0.25, -0.2) is 4.99 Å². The summed E-state index contributed by atoms with van der Waals surface area (Å²) in [4.78, 5) is 4.46. The smallest absolute Gasteiger partial charge is 0.132 e. The summed E-state index contributed by atoms with van der Waals surface area (Å²) in [5, 5.41) is 0.683. The Kier molecular flexibility index (Phi) is 2.14. The third-order valence-corrected chi connectivity index (χ3v) is 3.58. The Morgan fingerprint density at radius 2 is 2.20 bits per heavy atom. The van der Waals surface area contributed by atoms with Crippen LogP contribution in [-0.4, -0.2) is 5.71 Å². The van der Waals surface area contributed by atoms with Crippen LogP contribution >= 0.6 is 11.6 Å². The first kappa shape index (κ1) is 9.17. The Bertz CT molecular complexity index is 437. The van der Waals surface area contributed by atoms with Gasteiger partial charge in [-0.2, -0.15) is 0 Å². The normalized spacial score (nSPS) is 32.5. The maximum absolute atomic E-state index is 6.19. The van der Waals surface area contributed by atoms with Gasteiger partial charge in [-0.05, 0) is 30.4 Å². The van der Waals surface area contributed by atoms with Crippen LogP contribution in [0.3, 0.4) is 0 Å². The van der Waals surface area contributed by atoms with E-state index in [9.17, 15) is 0 Å². The Labute approximate surface area is 94.5 Å². The number of fused-ring (bicyclic) bond motifs is 3. The number of rotatable bonds is 0. The summed E-state index contributed by atoms with van der Waals surface area (Å²) in [7, 11) is 0. The van der Waals surface area contributed by atoms with E-state index in [1.165, 1.54) is 12.0 Å². The van der Waals surface area contributed by atoms with E-state index < -0.39 is 0 Å². The molecular weight excluding hydrogens is 206 g/mol. The van der Waals surface area contributed by atoms with Crippen molar-refractivity contribution in [1.82, 2.24) is 0 Å². The van der Waals surface area contributed by atoms with Crippen molar-refractivity contribution in [2.45, 2.75) is 12.8 Å². The Morgan fingerprint density at radius 3 is 3.13 bits per heavy atom. The van der Waals surface area contributed by atoms with Crippen molar-refractivity contribution in [3.8, 4) is 0 Å². The van der Waals surface area contributed by atoms with Gasteiger partial charge in [-0.1, -0.05) is 42.0 Å². The van der Waals surface area contributed by atoms with Crippen molar-refractivity contribution >= 4 is 17.3 Å². The summed E-state index contributed by atoms with van der Waals surface area (Å²) >= 11 is 6.19. The van der Waals surface area contributed by atoms with Crippen molar-refractivity contribution < 1.29 is 0 Å². The second kappa shape index (κ2) is 3.49. The third kappa shape index (κ3) is 1.42. The molecule has 2 atom stereocenters. The lowest BCUT2D eigenvalue weighted by Gasteiger charge is -2.32. The molecule has 0 saturated heterocycles. The predicted molar refractivity (Wildman–Crippen MR) is 63.9 cm³/mol. The summed E-state index contributed by atoms with van der Waals surface area (Å²) in [5.41, 5.74) is 2.34. The standard InChI is InChI=1S/C13H12ClN/c14-13-11-7-2-1-5-9(11)10-6-3-4-8-12(10)15-13/h2-4,6-10H,1,5H2. The fourth-order valence-corrected chi connectivity index (χ4v) is 2.84. The molecule has 0 spiro atoms. The zero-order chi connectivity index (χ0) is 10.3. The van der Waals surface area contributed by atoms with Gasteiger partial charge in [-0.15, -0.1) is 0 Å². The zero-order valence-electron chi connectivity index (χ0n) is 8.36. The molecule has 3 aliphatic rings. The van der Waals surface area contributed by atoms with E-state index >= 15 is 0 Å². The van der Waals surface area contributed by atoms with E-state index in [1.54, 1.807) is 0 Å². The maximum atomic E-state index is 6.19. The van der Waals surface area contributed by atoms with Crippen LogP contribution in [0.1, 0.15) is 12.8 Å². The molecule has 0 N–H and O–H groups in total. The third-order valence-electron chi connectivity index (χ3n) is 3.28. The predicted octanol–water partition coefficient (Wildman–Crippen LogP) is 3.60. The van der Waals surface area contributed by atoms with E-state index in [0.29, 0.717) is 17.0 Å². The molecule has 3 rings (SSSR count). The van der Waals surface area contributed by atoms with Crippen molar-refractivity contribution in [3.63, 3.8) is 0 Å². The van der Waals surface area contributed by atoms with Crippen LogP contribution in [0.4, 0.5) is 0 Å². The van der Waals surface area contributed by atoms with Gasteiger partial charge >= 0.3 is 0 Å². The summed E-state index contributed by atoms with van der Waals surface area (Å²) in [6.45, 7) is 0. The summed E-state index contributed by atoms with van der Waals surface area (Å²) in [5.74, 6) is 0.980. The molecule has 2 unspecified atom stereocenters. The van der Waals surface area contributed by atoms with Gasteiger partial charge < -0.3 is 0 Å². The van der Waals surface area contributed by atoms with E-state index in [0.717, 1.165) is 12.1 Å². The summed E-state index contributed by atoms with van der Waals surface area (Å²) in [6.07, 6.45) is 15.1. The number of nitrogens with zero attached hydrogens (tertiary/aromatic N) is 1. The highest BCUT2D eigenvalue weighted by Crippen LogP contribution is 2.40. The fraction of sp³-hybridized carbons (Fsp3) is 0.308. The number of aliphatic imine (C=N–C) groups is 1. The van der Waals surface area contributed by atoms with E-state index in [2.05, 4.69) is 35.4 Å². The number of hydrogen-bond acceptors (Lipinski definition) is 1. The van der Waals surface area contributed by atoms with Crippen molar-refractivity contribution in [3.05, 3.63) is 47.2 Å². The van der Waals surface area contributed by atoms with Gasteiger partial charge in [0.2, 0.25) is 0 Å². The van der Waals surface area contributed by atoms with Crippen LogP contribution in [-0.2, 0) is 0 Å². The first-order valence-electron chi connectivity index (χ1n) is 5.36. The van der Waals surface area contributed by atoms with Crippen LogP contribution < -0.4 is 0 Å². The molecular formula is C13H12ClN. The van der Waals surface area contributed by atoms with Gasteiger partial charge in [0.1, 0.15) is 5.16 Å². The molecule has 0 aromatic rings. The molecule has 0 aromatic carbocycles. The van der Waals surface area contributed by atoms with Gasteiger partial charge in [-0.3, -0.25) is 0 Å². The second-order valence-electron chi connectivity index (χ2n) is 4.14. The van der Waals surface area contributed by atoms with Gasteiger partial charge in [0, 0.05) is 11.6 Å².